The Labute approximate surface area is 123 Å². The number of aliphatic carboxylic acids is 1. The molecular weight excluding hydrogens is 274 g/mol. The number of fused-ring (bicyclic) bond motifs is 2. The topological polar surface area (TPSA) is 83.9 Å². The summed E-state index contributed by atoms with van der Waals surface area (Å²) in [7, 11) is 0. The summed E-state index contributed by atoms with van der Waals surface area (Å²) in [5.74, 6) is -1.47. The minimum atomic E-state index is -1.36. The van der Waals surface area contributed by atoms with Crippen LogP contribution in [0.1, 0.15) is 51.9 Å². The first-order valence-corrected chi connectivity index (χ1v) is 7.76. The van der Waals surface area contributed by atoms with Crippen LogP contribution in [0.5, 0.6) is 0 Å². The highest BCUT2D eigenvalue weighted by atomic mass is 16.5. The van der Waals surface area contributed by atoms with Crippen molar-refractivity contribution in [3.8, 4) is 0 Å². The summed E-state index contributed by atoms with van der Waals surface area (Å²) < 4.78 is 5.38. The van der Waals surface area contributed by atoms with Gasteiger partial charge in [0.05, 0.1) is 0 Å². The van der Waals surface area contributed by atoms with E-state index in [0.717, 1.165) is 24.2 Å². The number of amides is 2. The molecular formula is C15H21NO5. The van der Waals surface area contributed by atoms with E-state index in [9.17, 15) is 19.5 Å². The molecule has 1 saturated carbocycles. The highest BCUT2D eigenvalue weighted by Crippen LogP contribution is 2.42. The predicted molar refractivity (Wildman–Crippen MR) is 72.4 cm³/mol. The Morgan fingerprint density at radius 3 is 2.14 bits per heavy atom. The molecule has 2 saturated heterocycles. The number of carbonyl (C=O) groups is 3. The highest BCUT2D eigenvalue weighted by molar-refractivity contribution is 6.06. The van der Waals surface area contributed by atoms with Crippen LogP contribution in [0.4, 0.5) is 0 Å². The first-order valence-electron chi connectivity index (χ1n) is 7.76. The third-order valence-corrected chi connectivity index (χ3v) is 5.35. The van der Waals surface area contributed by atoms with Crippen LogP contribution in [0, 0.1) is 5.92 Å². The number of ether oxygens (including phenoxy) is 1. The number of morpholine rings is 1. The van der Waals surface area contributed by atoms with Gasteiger partial charge in [0.25, 0.3) is 11.8 Å². The van der Waals surface area contributed by atoms with Gasteiger partial charge in [-0.15, -0.1) is 0 Å². The third kappa shape index (κ3) is 2.08. The van der Waals surface area contributed by atoms with Crippen LogP contribution >= 0.6 is 0 Å². The SMILES string of the molecule is CCC1CCC(C(=O)O)(N2C(=O)C3CCC(O3)C2=O)CC1. The Balaban J connectivity index is 1.92. The van der Waals surface area contributed by atoms with Crippen molar-refractivity contribution in [2.45, 2.75) is 69.6 Å². The fraction of sp³-hybridized carbons (Fsp3) is 0.800. The van der Waals surface area contributed by atoms with Crippen LogP contribution in [0.3, 0.4) is 0 Å². The molecule has 3 rings (SSSR count). The van der Waals surface area contributed by atoms with E-state index in [0.29, 0.717) is 31.6 Å². The first kappa shape index (κ1) is 14.5. The van der Waals surface area contributed by atoms with Crippen LogP contribution in [0.15, 0.2) is 0 Å². The van der Waals surface area contributed by atoms with E-state index in [4.69, 9.17) is 4.74 Å². The molecule has 2 bridgehead atoms. The number of carboxylic acid groups (broad SMARTS) is 1. The Morgan fingerprint density at radius 1 is 1.19 bits per heavy atom. The van der Waals surface area contributed by atoms with Crippen LogP contribution in [-0.2, 0) is 19.1 Å². The number of carbonyl (C=O) groups excluding carboxylic acids is 2. The van der Waals surface area contributed by atoms with E-state index in [2.05, 4.69) is 6.92 Å². The standard InChI is InChI=1S/C15H21NO5/c1-2-9-5-7-15(8-6-9,14(19)20)16-12(17)10-3-4-11(21-10)13(16)18/h9-11H,2-8H2,1H3,(H,19,20). The second kappa shape index (κ2) is 5.09. The molecule has 116 valence electrons. The number of hydrogen-bond donors (Lipinski definition) is 1. The Kier molecular flexibility index (Phi) is 3.51. The molecule has 0 aromatic rings. The van der Waals surface area contributed by atoms with Gasteiger partial charge in [0, 0.05) is 0 Å². The summed E-state index contributed by atoms with van der Waals surface area (Å²) >= 11 is 0. The minimum Gasteiger partial charge on any atom is -0.479 e. The van der Waals surface area contributed by atoms with Crippen molar-refractivity contribution >= 4 is 17.8 Å². The summed E-state index contributed by atoms with van der Waals surface area (Å²) in [6.45, 7) is 2.09. The van der Waals surface area contributed by atoms with Gasteiger partial charge in [0.1, 0.15) is 17.7 Å². The van der Waals surface area contributed by atoms with Crippen LogP contribution in [-0.4, -0.2) is 45.5 Å². The zero-order valence-electron chi connectivity index (χ0n) is 12.2. The van der Waals surface area contributed by atoms with Crippen molar-refractivity contribution in [1.82, 2.24) is 4.90 Å². The lowest BCUT2D eigenvalue weighted by atomic mass is 9.74. The number of hydrogen-bond acceptors (Lipinski definition) is 4. The van der Waals surface area contributed by atoms with E-state index in [1.807, 2.05) is 0 Å². The Morgan fingerprint density at radius 2 is 1.71 bits per heavy atom. The number of nitrogens with zero attached hydrogens (tertiary/aromatic N) is 1. The summed E-state index contributed by atoms with van der Waals surface area (Å²) in [5.41, 5.74) is -1.36. The fourth-order valence-electron chi connectivity index (χ4n) is 3.92. The monoisotopic (exact) mass is 295 g/mol. The van der Waals surface area contributed by atoms with E-state index >= 15 is 0 Å². The van der Waals surface area contributed by atoms with Gasteiger partial charge in [-0.3, -0.25) is 14.5 Å². The van der Waals surface area contributed by atoms with Gasteiger partial charge >= 0.3 is 5.97 Å². The summed E-state index contributed by atoms with van der Waals surface area (Å²) in [5, 5.41) is 9.74. The lowest BCUT2D eigenvalue weighted by Crippen LogP contribution is -2.66. The highest BCUT2D eigenvalue weighted by Gasteiger charge is 2.58. The van der Waals surface area contributed by atoms with E-state index in [1.165, 1.54) is 0 Å². The van der Waals surface area contributed by atoms with Gasteiger partial charge < -0.3 is 9.84 Å². The van der Waals surface area contributed by atoms with Crippen LogP contribution < -0.4 is 0 Å². The number of likely N-dealkylation sites (tertiary alicyclic amines) is 1. The Bertz CT molecular complexity index is 458. The normalized spacial score (nSPS) is 39.7. The maximum Gasteiger partial charge on any atom is 0.330 e. The average Bonchev–Trinajstić information content (AvgIpc) is 2.93. The van der Waals surface area contributed by atoms with Crippen molar-refractivity contribution in [3.05, 3.63) is 0 Å². The van der Waals surface area contributed by atoms with E-state index in [-0.39, 0.29) is 0 Å². The molecule has 2 amide bonds. The smallest absolute Gasteiger partial charge is 0.330 e. The van der Waals surface area contributed by atoms with Gasteiger partial charge in [0.2, 0.25) is 0 Å². The Hall–Kier alpha value is -1.43. The third-order valence-electron chi connectivity index (χ3n) is 5.35. The van der Waals surface area contributed by atoms with Crippen molar-refractivity contribution in [2.24, 2.45) is 5.92 Å². The molecule has 2 aliphatic heterocycles. The second-order valence-electron chi connectivity index (χ2n) is 6.39. The average molecular weight is 295 g/mol. The van der Waals surface area contributed by atoms with Crippen molar-refractivity contribution in [2.75, 3.05) is 0 Å². The molecule has 2 heterocycles. The van der Waals surface area contributed by atoms with Crippen molar-refractivity contribution in [1.29, 1.82) is 0 Å². The fourth-order valence-corrected chi connectivity index (χ4v) is 3.92. The molecule has 2 unspecified atom stereocenters. The molecule has 0 aromatic heterocycles. The van der Waals surface area contributed by atoms with Gasteiger partial charge in [0.15, 0.2) is 0 Å². The predicted octanol–water partition coefficient (Wildman–Crippen LogP) is 1.33. The molecule has 3 fully saturated rings. The van der Waals surface area contributed by atoms with Gasteiger partial charge in [-0.05, 0) is 44.4 Å². The van der Waals surface area contributed by atoms with Crippen molar-refractivity contribution < 1.29 is 24.2 Å². The first-order chi connectivity index (χ1) is 9.99. The molecule has 3 aliphatic rings. The summed E-state index contributed by atoms with van der Waals surface area (Å²) in [6, 6.07) is 0. The molecule has 1 N–H and O–H groups in total. The minimum absolute atomic E-state index is 0.359. The summed E-state index contributed by atoms with van der Waals surface area (Å²) in [4.78, 5) is 37.9. The number of carboxylic acids is 1. The maximum absolute atomic E-state index is 12.5. The van der Waals surface area contributed by atoms with Gasteiger partial charge in [-0.25, -0.2) is 4.79 Å². The quantitative estimate of drug-likeness (QED) is 0.794. The van der Waals surface area contributed by atoms with Crippen LogP contribution in [0.2, 0.25) is 0 Å². The van der Waals surface area contributed by atoms with Gasteiger partial charge in [-0.1, -0.05) is 13.3 Å². The zero-order chi connectivity index (χ0) is 15.2. The van der Waals surface area contributed by atoms with Gasteiger partial charge in [-0.2, -0.15) is 0 Å². The molecule has 6 nitrogen and oxygen atoms in total. The molecule has 6 heteroatoms. The second-order valence-corrected chi connectivity index (χ2v) is 6.39. The van der Waals surface area contributed by atoms with E-state index in [1.54, 1.807) is 0 Å². The van der Waals surface area contributed by atoms with Crippen molar-refractivity contribution in [3.63, 3.8) is 0 Å². The molecule has 0 radical (unpaired) electrons. The lowest BCUT2D eigenvalue weighted by Gasteiger charge is -2.46. The number of imide groups is 1. The van der Waals surface area contributed by atoms with Crippen LogP contribution in [0.25, 0.3) is 0 Å². The van der Waals surface area contributed by atoms with E-state index < -0.39 is 35.5 Å². The maximum atomic E-state index is 12.5. The molecule has 0 aromatic carbocycles. The molecule has 1 aliphatic carbocycles. The zero-order valence-corrected chi connectivity index (χ0v) is 12.2. The number of rotatable bonds is 3. The largest absolute Gasteiger partial charge is 0.479 e. The molecule has 0 spiro atoms. The molecule has 21 heavy (non-hydrogen) atoms. The summed E-state index contributed by atoms with van der Waals surface area (Å²) in [6.07, 6.45) is 2.98. The molecule has 2 atom stereocenters. The lowest BCUT2D eigenvalue weighted by molar-refractivity contribution is -0.186.